The smallest absolute Gasteiger partial charge is 0.390 e. The highest BCUT2D eigenvalue weighted by Crippen LogP contribution is 2.41. The van der Waals surface area contributed by atoms with E-state index in [4.69, 9.17) is 0 Å². The predicted octanol–water partition coefficient (Wildman–Crippen LogP) is 7.27. The standard InChI is InChI=1S/C25H23F6NO/c26-18-6-1-4-16(14-18)20-8-3-9-23-21(20)10-11-22(32(23)13-12-25(29,30)31)17-5-2-7-19(15-17)33-24(27)28/h1-4,6-9,14-15,17,22,24H,5,10-13H2/t17?,22-/m1/s1. The van der Waals surface area contributed by atoms with E-state index in [1.165, 1.54) is 18.2 Å². The summed E-state index contributed by atoms with van der Waals surface area (Å²) in [5, 5.41) is 0. The van der Waals surface area contributed by atoms with E-state index in [9.17, 15) is 26.3 Å². The molecule has 0 bridgehead atoms. The van der Waals surface area contributed by atoms with E-state index in [1.807, 2.05) is 6.07 Å². The molecule has 33 heavy (non-hydrogen) atoms. The molecule has 2 atom stereocenters. The summed E-state index contributed by atoms with van der Waals surface area (Å²) >= 11 is 0. The van der Waals surface area contributed by atoms with Crippen molar-refractivity contribution in [1.82, 2.24) is 0 Å². The van der Waals surface area contributed by atoms with Gasteiger partial charge in [0.15, 0.2) is 0 Å². The second-order valence-electron chi connectivity index (χ2n) is 8.23. The number of halogens is 6. The topological polar surface area (TPSA) is 12.5 Å². The van der Waals surface area contributed by atoms with Gasteiger partial charge in [-0.2, -0.15) is 22.0 Å². The van der Waals surface area contributed by atoms with Crippen LogP contribution < -0.4 is 4.90 Å². The highest BCUT2D eigenvalue weighted by atomic mass is 19.4. The molecule has 1 aliphatic heterocycles. The van der Waals surface area contributed by atoms with Crippen LogP contribution in [0.5, 0.6) is 0 Å². The molecule has 4 rings (SSSR count). The third-order valence-electron chi connectivity index (χ3n) is 6.11. The predicted molar refractivity (Wildman–Crippen MR) is 114 cm³/mol. The molecule has 2 nitrogen and oxygen atoms in total. The summed E-state index contributed by atoms with van der Waals surface area (Å²) in [6.07, 6.45) is 1.04. The van der Waals surface area contributed by atoms with Gasteiger partial charge in [-0.25, -0.2) is 4.39 Å². The molecule has 0 aromatic heterocycles. The molecule has 0 saturated heterocycles. The molecule has 0 amide bonds. The van der Waals surface area contributed by atoms with E-state index in [2.05, 4.69) is 4.74 Å². The van der Waals surface area contributed by atoms with Crippen molar-refractivity contribution in [2.45, 2.75) is 44.5 Å². The normalized spacial score (nSPS) is 20.6. The third kappa shape index (κ3) is 5.54. The SMILES string of the molecule is Fc1cccc(-c2cccc3c2CC[C@H](C2C=C(OC(F)F)C=CC2)N3CCC(F)(F)F)c1. The average Bonchev–Trinajstić information content (AvgIpc) is 2.76. The molecule has 0 N–H and O–H groups in total. The van der Waals surface area contributed by atoms with Gasteiger partial charge in [-0.1, -0.05) is 30.3 Å². The van der Waals surface area contributed by atoms with Crippen LogP contribution in [0, 0.1) is 11.7 Å². The zero-order chi connectivity index (χ0) is 23.6. The molecule has 0 saturated carbocycles. The number of hydrogen-bond donors (Lipinski definition) is 0. The Hall–Kier alpha value is -2.90. The molecule has 1 aliphatic carbocycles. The molecule has 1 heterocycles. The highest BCUT2D eigenvalue weighted by Gasteiger charge is 2.36. The van der Waals surface area contributed by atoms with E-state index in [1.54, 1.807) is 41.3 Å². The highest BCUT2D eigenvalue weighted by molar-refractivity contribution is 5.75. The summed E-state index contributed by atoms with van der Waals surface area (Å²) in [5.74, 6) is -0.641. The van der Waals surface area contributed by atoms with Crippen LogP contribution >= 0.6 is 0 Å². The zero-order valence-corrected chi connectivity index (χ0v) is 17.7. The maximum atomic E-state index is 13.8. The monoisotopic (exact) mass is 467 g/mol. The lowest BCUT2D eigenvalue weighted by Crippen LogP contribution is -2.45. The Kier molecular flexibility index (Phi) is 6.72. The molecule has 0 fully saturated rings. The first-order valence-electron chi connectivity index (χ1n) is 10.8. The summed E-state index contributed by atoms with van der Waals surface area (Å²) < 4.78 is 83.2. The van der Waals surface area contributed by atoms with E-state index < -0.39 is 25.0 Å². The lowest BCUT2D eigenvalue weighted by atomic mass is 9.81. The summed E-state index contributed by atoms with van der Waals surface area (Å²) in [4.78, 5) is 1.73. The summed E-state index contributed by atoms with van der Waals surface area (Å²) in [6.45, 7) is -3.23. The van der Waals surface area contributed by atoms with Gasteiger partial charge in [0.1, 0.15) is 11.6 Å². The number of hydrogen-bond acceptors (Lipinski definition) is 2. The van der Waals surface area contributed by atoms with Gasteiger partial charge in [0.05, 0.1) is 6.42 Å². The molecule has 1 unspecified atom stereocenters. The van der Waals surface area contributed by atoms with Crippen molar-refractivity contribution in [3.05, 3.63) is 77.8 Å². The Bertz CT molecular complexity index is 1050. The maximum Gasteiger partial charge on any atom is 0.390 e. The van der Waals surface area contributed by atoms with E-state index >= 15 is 0 Å². The minimum atomic E-state index is -4.34. The van der Waals surface area contributed by atoms with Crippen LogP contribution in [-0.4, -0.2) is 25.4 Å². The van der Waals surface area contributed by atoms with Crippen LogP contribution in [0.1, 0.15) is 24.8 Å². The van der Waals surface area contributed by atoms with Crippen molar-refractivity contribution in [2.75, 3.05) is 11.4 Å². The quantitative estimate of drug-likeness (QED) is 0.415. The number of benzene rings is 2. The van der Waals surface area contributed by atoms with E-state index in [0.29, 0.717) is 30.5 Å². The van der Waals surface area contributed by atoms with Gasteiger partial charge in [-0.15, -0.1) is 0 Å². The van der Waals surface area contributed by atoms with Crippen molar-refractivity contribution in [1.29, 1.82) is 0 Å². The number of nitrogens with zero attached hydrogens (tertiary/aromatic N) is 1. The van der Waals surface area contributed by atoms with Gasteiger partial charge < -0.3 is 9.64 Å². The minimum Gasteiger partial charge on any atom is -0.435 e. The fourth-order valence-corrected chi connectivity index (χ4v) is 4.76. The molecule has 2 aromatic rings. The second kappa shape index (κ2) is 9.53. The number of rotatable bonds is 6. The van der Waals surface area contributed by atoms with Gasteiger partial charge in [0.25, 0.3) is 0 Å². The fourth-order valence-electron chi connectivity index (χ4n) is 4.76. The third-order valence-corrected chi connectivity index (χ3v) is 6.11. The van der Waals surface area contributed by atoms with Crippen molar-refractivity contribution in [3.8, 4) is 11.1 Å². The Labute approximate surface area is 188 Å². The lowest BCUT2D eigenvalue weighted by molar-refractivity contribution is -0.132. The number of fused-ring (bicyclic) bond motifs is 1. The molecular formula is C25H23F6NO. The molecule has 2 aliphatic rings. The van der Waals surface area contributed by atoms with Crippen LogP contribution in [0.4, 0.5) is 32.0 Å². The minimum absolute atomic E-state index is 0.0244. The summed E-state index contributed by atoms with van der Waals surface area (Å²) in [6, 6.07) is 11.2. The Morgan fingerprint density at radius 2 is 1.88 bits per heavy atom. The Balaban J connectivity index is 1.71. The maximum absolute atomic E-state index is 13.8. The van der Waals surface area contributed by atoms with E-state index in [-0.39, 0.29) is 24.3 Å². The molecule has 0 spiro atoms. The van der Waals surface area contributed by atoms with Crippen molar-refractivity contribution < 1.29 is 31.1 Å². The first-order valence-corrected chi connectivity index (χ1v) is 10.8. The van der Waals surface area contributed by atoms with Crippen LogP contribution in [0.3, 0.4) is 0 Å². The lowest BCUT2D eigenvalue weighted by Gasteiger charge is -2.43. The van der Waals surface area contributed by atoms with Gasteiger partial charge >= 0.3 is 12.8 Å². The average molecular weight is 467 g/mol. The molecule has 176 valence electrons. The number of alkyl halides is 5. The Morgan fingerprint density at radius 1 is 1.09 bits per heavy atom. The van der Waals surface area contributed by atoms with Gasteiger partial charge in [-0.05, 0) is 66.3 Å². The first kappa shape index (κ1) is 23.3. The molecular weight excluding hydrogens is 444 g/mol. The molecule has 2 aromatic carbocycles. The largest absolute Gasteiger partial charge is 0.435 e. The Morgan fingerprint density at radius 3 is 2.61 bits per heavy atom. The second-order valence-corrected chi connectivity index (χ2v) is 8.23. The number of allylic oxidation sites excluding steroid dienone is 2. The molecule has 0 radical (unpaired) electrons. The number of ether oxygens (including phenoxy) is 1. The van der Waals surface area contributed by atoms with Gasteiger partial charge in [-0.3, -0.25) is 0 Å². The fraction of sp³-hybridized carbons (Fsp3) is 0.360. The van der Waals surface area contributed by atoms with Crippen molar-refractivity contribution >= 4 is 5.69 Å². The zero-order valence-electron chi connectivity index (χ0n) is 17.7. The number of anilines is 1. The summed E-state index contributed by atoms with van der Waals surface area (Å²) in [5.41, 5.74) is 2.97. The summed E-state index contributed by atoms with van der Waals surface area (Å²) in [7, 11) is 0. The first-order chi connectivity index (χ1) is 15.7. The van der Waals surface area contributed by atoms with Crippen molar-refractivity contribution in [2.24, 2.45) is 5.92 Å². The van der Waals surface area contributed by atoms with Crippen LogP contribution in [0.15, 0.2) is 66.5 Å². The van der Waals surface area contributed by atoms with Crippen molar-refractivity contribution in [3.63, 3.8) is 0 Å². The van der Waals surface area contributed by atoms with Crippen LogP contribution in [0.25, 0.3) is 11.1 Å². The molecule has 8 heteroatoms. The van der Waals surface area contributed by atoms with E-state index in [0.717, 1.165) is 11.1 Å². The van der Waals surface area contributed by atoms with Crippen LogP contribution in [0.2, 0.25) is 0 Å². The van der Waals surface area contributed by atoms with Crippen LogP contribution in [-0.2, 0) is 11.2 Å². The van der Waals surface area contributed by atoms with Gasteiger partial charge in [0, 0.05) is 24.2 Å². The van der Waals surface area contributed by atoms with Gasteiger partial charge in [0.2, 0.25) is 0 Å².